The topological polar surface area (TPSA) is 12.0 Å². The number of hydrogen-bond donors (Lipinski definition) is 1. The van der Waals surface area contributed by atoms with Crippen LogP contribution in [0.4, 0.5) is 0 Å². The van der Waals surface area contributed by atoms with Gasteiger partial charge in [-0.2, -0.15) is 0 Å². The molecule has 2 rings (SSSR count). The van der Waals surface area contributed by atoms with Crippen molar-refractivity contribution in [1.82, 2.24) is 5.32 Å². The summed E-state index contributed by atoms with van der Waals surface area (Å²) in [5, 5.41) is 3.67. The van der Waals surface area contributed by atoms with Crippen molar-refractivity contribution in [2.45, 2.75) is 70.8 Å². The van der Waals surface area contributed by atoms with E-state index in [0.29, 0.717) is 0 Å². The van der Waals surface area contributed by atoms with Crippen molar-refractivity contribution >= 4 is 0 Å². The van der Waals surface area contributed by atoms with Crippen LogP contribution in [0.3, 0.4) is 0 Å². The fraction of sp³-hybridized carbons (Fsp3) is 0.867. The van der Waals surface area contributed by atoms with Gasteiger partial charge >= 0.3 is 0 Å². The number of rotatable bonds is 7. The van der Waals surface area contributed by atoms with Crippen molar-refractivity contribution in [1.29, 1.82) is 0 Å². The third-order valence-corrected chi connectivity index (χ3v) is 4.01. The van der Waals surface area contributed by atoms with E-state index in [2.05, 4.69) is 18.3 Å². The van der Waals surface area contributed by atoms with E-state index in [9.17, 15) is 0 Å². The molecule has 2 aliphatic carbocycles. The molecule has 0 radical (unpaired) electrons. The Morgan fingerprint density at radius 1 is 1.38 bits per heavy atom. The standard InChI is InChI=1S/C15H27N/c1-2-16-15(11-10-13-8-9-13)12-14-6-4-3-5-7-14/h6,13,15-16H,2-5,7-12H2,1H3. The maximum absolute atomic E-state index is 3.67. The van der Waals surface area contributed by atoms with Crippen LogP contribution in [0.25, 0.3) is 0 Å². The van der Waals surface area contributed by atoms with Crippen LogP contribution in [0.2, 0.25) is 0 Å². The fourth-order valence-corrected chi connectivity index (χ4v) is 2.81. The van der Waals surface area contributed by atoms with E-state index in [4.69, 9.17) is 0 Å². The van der Waals surface area contributed by atoms with Gasteiger partial charge in [0.15, 0.2) is 0 Å². The van der Waals surface area contributed by atoms with E-state index < -0.39 is 0 Å². The summed E-state index contributed by atoms with van der Waals surface area (Å²) >= 11 is 0. The Morgan fingerprint density at radius 3 is 2.88 bits per heavy atom. The monoisotopic (exact) mass is 221 g/mol. The minimum atomic E-state index is 0.759. The van der Waals surface area contributed by atoms with Gasteiger partial charge in [0.1, 0.15) is 0 Å². The van der Waals surface area contributed by atoms with Crippen molar-refractivity contribution in [3.63, 3.8) is 0 Å². The highest BCUT2D eigenvalue weighted by molar-refractivity contribution is 5.07. The number of hydrogen-bond acceptors (Lipinski definition) is 1. The van der Waals surface area contributed by atoms with Crippen molar-refractivity contribution < 1.29 is 0 Å². The Hall–Kier alpha value is -0.300. The lowest BCUT2D eigenvalue weighted by Gasteiger charge is -2.21. The Labute approximate surface area is 101 Å². The molecule has 0 aliphatic heterocycles. The lowest BCUT2D eigenvalue weighted by Crippen LogP contribution is -2.29. The van der Waals surface area contributed by atoms with Gasteiger partial charge < -0.3 is 5.32 Å². The summed E-state index contributed by atoms with van der Waals surface area (Å²) in [7, 11) is 0. The van der Waals surface area contributed by atoms with E-state index in [1.54, 1.807) is 5.57 Å². The Morgan fingerprint density at radius 2 is 2.25 bits per heavy atom. The first kappa shape index (κ1) is 12.2. The summed E-state index contributed by atoms with van der Waals surface area (Å²) in [5.41, 5.74) is 1.73. The molecule has 0 saturated heterocycles. The van der Waals surface area contributed by atoms with Crippen LogP contribution in [0.1, 0.15) is 64.7 Å². The molecule has 16 heavy (non-hydrogen) atoms. The Kier molecular flexibility index (Phi) is 4.90. The van der Waals surface area contributed by atoms with Crippen LogP contribution in [0.15, 0.2) is 11.6 Å². The first-order valence-electron chi connectivity index (χ1n) is 7.29. The van der Waals surface area contributed by atoms with Crippen LogP contribution < -0.4 is 5.32 Å². The molecule has 0 aromatic heterocycles. The van der Waals surface area contributed by atoms with Crippen molar-refractivity contribution in [3.8, 4) is 0 Å². The van der Waals surface area contributed by atoms with Gasteiger partial charge in [-0.25, -0.2) is 0 Å². The highest BCUT2D eigenvalue weighted by atomic mass is 14.9. The minimum Gasteiger partial charge on any atom is -0.314 e. The first-order valence-corrected chi connectivity index (χ1v) is 7.29. The summed E-state index contributed by atoms with van der Waals surface area (Å²) in [5.74, 6) is 1.08. The van der Waals surface area contributed by atoms with E-state index in [1.807, 2.05) is 0 Å². The molecule has 0 spiro atoms. The third kappa shape index (κ3) is 4.29. The maximum Gasteiger partial charge on any atom is 0.0104 e. The predicted octanol–water partition coefficient (Wildman–Crippen LogP) is 4.05. The summed E-state index contributed by atoms with van der Waals surface area (Å²) in [6.07, 6.45) is 15.2. The van der Waals surface area contributed by atoms with Gasteiger partial charge in [-0.3, -0.25) is 0 Å². The molecule has 2 aliphatic rings. The first-order chi connectivity index (χ1) is 7.88. The quantitative estimate of drug-likeness (QED) is 0.640. The molecule has 1 nitrogen and oxygen atoms in total. The molecule has 1 saturated carbocycles. The SMILES string of the molecule is CCNC(CCC1CC1)CC1=CCCCC1. The van der Waals surface area contributed by atoms with E-state index >= 15 is 0 Å². The molecule has 1 unspecified atom stereocenters. The Balaban J connectivity index is 1.73. The average Bonchev–Trinajstić information content (AvgIpc) is 3.11. The molecule has 0 heterocycles. The second-order valence-corrected chi connectivity index (χ2v) is 5.59. The molecular weight excluding hydrogens is 194 g/mol. The highest BCUT2D eigenvalue weighted by Gasteiger charge is 2.22. The van der Waals surface area contributed by atoms with Gasteiger partial charge in [-0.15, -0.1) is 0 Å². The van der Waals surface area contributed by atoms with Gasteiger partial charge in [0, 0.05) is 6.04 Å². The van der Waals surface area contributed by atoms with Crippen molar-refractivity contribution in [3.05, 3.63) is 11.6 Å². The summed E-state index contributed by atoms with van der Waals surface area (Å²) < 4.78 is 0. The van der Waals surface area contributed by atoms with Crippen LogP contribution in [-0.4, -0.2) is 12.6 Å². The molecule has 0 aromatic carbocycles. The molecular formula is C15H27N. The largest absolute Gasteiger partial charge is 0.314 e. The summed E-state index contributed by atoms with van der Waals surface area (Å²) in [6.45, 7) is 3.36. The van der Waals surface area contributed by atoms with E-state index in [-0.39, 0.29) is 0 Å². The summed E-state index contributed by atoms with van der Waals surface area (Å²) in [6, 6.07) is 0.759. The van der Waals surface area contributed by atoms with Crippen LogP contribution in [0, 0.1) is 5.92 Å². The van der Waals surface area contributed by atoms with Crippen LogP contribution >= 0.6 is 0 Å². The van der Waals surface area contributed by atoms with Crippen LogP contribution in [0.5, 0.6) is 0 Å². The summed E-state index contributed by atoms with van der Waals surface area (Å²) in [4.78, 5) is 0. The zero-order chi connectivity index (χ0) is 11.2. The Bertz CT molecular complexity index is 228. The number of allylic oxidation sites excluding steroid dienone is 1. The lowest BCUT2D eigenvalue weighted by atomic mass is 9.92. The number of nitrogens with one attached hydrogen (secondary N) is 1. The van der Waals surface area contributed by atoms with E-state index in [0.717, 1.165) is 18.5 Å². The lowest BCUT2D eigenvalue weighted by molar-refractivity contribution is 0.452. The predicted molar refractivity (Wildman–Crippen MR) is 70.6 cm³/mol. The molecule has 0 bridgehead atoms. The van der Waals surface area contributed by atoms with Crippen LogP contribution in [-0.2, 0) is 0 Å². The molecule has 0 aromatic rings. The molecule has 1 heteroatoms. The van der Waals surface area contributed by atoms with Gasteiger partial charge in [0.25, 0.3) is 0 Å². The van der Waals surface area contributed by atoms with Gasteiger partial charge in [-0.05, 0) is 57.4 Å². The maximum atomic E-state index is 3.67. The average molecular weight is 221 g/mol. The smallest absolute Gasteiger partial charge is 0.0104 e. The zero-order valence-corrected chi connectivity index (χ0v) is 10.8. The minimum absolute atomic E-state index is 0.759. The van der Waals surface area contributed by atoms with Crippen molar-refractivity contribution in [2.24, 2.45) is 5.92 Å². The molecule has 1 atom stereocenters. The van der Waals surface area contributed by atoms with Gasteiger partial charge in [-0.1, -0.05) is 31.4 Å². The fourth-order valence-electron chi connectivity index (χ4n) is 2.81. The highest BCUT2D eigenvalue weighted by Crippen LogP contribution is 2.34. The zero-order valence-electron chi connectivity index (χ0n) is 10.8. The molecule has 1 N–H and O–H groups in total. The van der Waals surface area contributed by atoms with Gasteiger partial charge in [0.05, 0.1) is 0 Å². The van der Waals surface area contributed by atoms with E-state index in [1.165, 1.54) is 57.8 Å². The molecule has 0 amide bonds. The second-order valence-electron chi connectivity index (χ2n) is 5.59. The third-order valence-electron chi connectivity index (χ3n) is 4.01. The second kappa shape index (κ2) is 6.44. The normalized spacial score (nSPS) is 22.9. The van der Waals surface area contributed by atoms with Gasteiger partial charge in [0.2, 0.25) is 0 Å². The van der Waals surface area contributed by atoms with Crippen molar-refractivity contribution in [2.75, 3.05) is 6.54 Å². The molecule has 1 fully saturated rings. The molecule has 92 valence electrons.